The number of aryl methyl sites for hydroxylation is 2. The van der Waals surface area contributed by atoms with E-state index >= 15 is 0 Å². The highest BCUT2D eigenvalue weighted by atomic mass is 32.2. The normalized spacial score (nSPS) is 15.4. The molecule has 1 aliphatic heterocycles. The predicted octanol–water partition coefficient (Wildman–Crippen LogP) is 4.10. The van der Waals surface area contributed by atoms with Crippen molar-refractivity contribution in [1.29, 1.82) is 0 Å². The fourth-order valence-electron chi connectivity index (χ4n) is 4.31. The van der Waals surface area contributed by atoms with Gasteiger partial charge in [-0.05, 0) is 48.2 Å². The van der Waals surface area contributed by atoms with Crippen LogP contribution in [-0.4, -0.2) is 54.9 Å². The highest BCUT2D eigenvalue weighted by Crippen LogP contribution is 2.28. The molecule has 6 nitrogen and oxygen atoms in total. The lowest BCUT2D eigenvalue weighted by molar-refractivity contribution is -0.136. The zero-order valence-electron chi connectivity index (χ0n) is 19.6. The molecule has 0 radical (unpaired) electrons. The maximum atomic E-state index is 13.0. The summed E-state index contributed by atoms with van der Waals surface area (Å²) in [6, 6.07) is 21.1. The van der Waals surface area contributed by atoms with Gasteiger partial charge in [-0.25, -0.2) is 8.42 Å². The van der Waals surface area contributed by atoms with Gasteiger partial charge in [-0.15, -0.1) is 0 Å². The van der Waals surface area contributed by atoms with E-state index in [1.54, 1.807) is 16.4 Å². The molecule has 34 heavy (non-hydrogen) atoms. The molecule has 1 N–H and O–H groups in total. The lowest BCUT2D eigenvalue weighted by atomic mass is 9.95. The van der Waals surface area contributed by atoms with Gasteiger partial charge in [0.05, 0.1) is 11.3 Å². The first kappa shape index (κ1) is 24.1. The van der Waals surface area contributed by atoms with Crippen LogP contribution >= 0.6 is 0 Å². The highest BCUT2D eigenvalue weighted by Gasteiger charge is 2.28. The van der Waals surface area contributed by atoms with Crippen LogP contribution in [0.3, 0.4) is 0 Å². The first-order valence-electron chi connectivity index (χ1n) is 11.4. The van der Waals surface area contributed by atoms with Crippen molar-refractivity contribution in [2.45, 2.75) is 31.7 Å². The fourth-order valence-corrected chi connectivity index (χ4v) is 5.73. The molecule has 0 spiro atoms. The second-order valence-electron chi connectivity index (χ2n) is 8.92. The molecule has 0 bridgehead atoms. The van der Waals surface area contributed by atoms with Crippen LogP contribution in [0.4, 0.5) is 0 Å². The molecule has 0 amide bonds. The number of nitrogens with zero attached hydrogens (tertiary/aromatic N) is 2. The van der Waals surface area contributed by atoms with E-state index in [0.717, 1.165) is 27.8 Å². The van der Waals surface area contributed by atoms with E-state index in [0.29, 0.717) is 37.6 Å². The van der Waals surface area contributed by atoms with Crippen molar-refractivity contribution >= 4 is 16.0 Å². The van der Waals surface area contributed by atoms with Gasteiger partial charge >= 0.3 is 5.97 Å². The van der Waals surface area contributed by atoms with E-state index in [4.69, 9.17) is 0 Å². The number of carboxylic acids is 1. The Bertz CT molecular complexity index is 1260. The average molecular weight is 479 g/mol. The number of sulfonamides is 1. The van der Waals surface area contributed by atoms with Gasteiger partial charge in [0.2, 0.25) is 10.0 Å². The highest BCUT2D eigenvalue weighted by molar-refractivity contribution is 7.89. The third kappa shape index (κ3) is 5.55. The van der Waals surface area contributed by atoms with E-state index in [-0.39, 0.29) is 6.42 Å². The monoisotopic (exact) mass is 478 g/mol. The predicted molar refractivity (Wildman–Crippen MR) is 133 cm³/mol. The minimum absolute atomic E-state index is 0.0241. The molecule has 1 saturated heterocycles. The van der Waals surface area contributed by atoms with Crippen molar-refractivity contribution in [3.63, 3.8) is 0 Å². The van der Waals surface area contributed by atoms with Gasteiger partial charge < -0.3 is 5.11 Å². The SMILES string of the molecule is Cc1ccc(-c2ccc(CC(=O)O)cc2CN2CCN(S(=O)(=O)c3ccc(C)cc3)CC2)cc1. The molecule has 1 heterocycles. The standard InChI is InChI=1S/C27H30N2O4S/c1-20-3-8-23(9-4-20)26-12-7-22(18-27(30)31)17-24(26)19-28-13-15-29(16-14-28)34(32,33)25-10-5-21(2)6-11-25/h3-12,17H,13-16,18-19H2,1-2H3,(H,30,31). The summed E-state index contributed by atoms with van der Waals surface area (Å²) in [6.07, 6.45) is -0.0241. The van der Waals surface area contributed by atoms with Crippen LogP contribution in [0.15, 0.2) is 71.6 Å². The van der Waals surface area contributed by atoms with Crippen molar-refractivity contribution < 1.29 is 18.3 Å². The Kier molecular flexibility index (Phi) is 7.16. The second kappa shape index (κ2) is 10.1. The quantitative estimate of drug-likeness (QED) is 0.553. The third-order valence-corrected chi connectivity index (χ3v) is 8.18. The van der Waals surface area contributed by atoms with Gasteiger partial charge in [0.25, 0.3) is 0 Å². The minimum Gasteiger partial charge on any atom is -0.481 e. The maximum Gasteiger partial charge on any atom is 0.307 e. The molecule has 0 aromatic heterocycles. The minimum atomic E-state index is -3.51. The van der Waals surface area contributed by atoms with Gasteiger partial charge in [-0.1, -0.05) is 65.7 Å². The summed E-state index contributed by atoms with van der Waals surface area (Å²) < 4.78 is 27.6. The van der Waals surface area contributed by atoms with E-state index in [1.807, 2.05) is 44.2 Å². The molecule has 0 saturated carbocycles. The number of benzene rings is 3. The molecule has 1 aliphatic rings. The molecule has 178 valence electrons. The summed E-state index contributed by atoms with van der Waals surface area (Å²) >= 11 is 0. The molecule has 0 aliphatic carbocycles. The lowest BCUT2D eigenvalue weighted by Crippen LogP contribution is -2.48. The molecular formula is C27H30N2O4S. The summed E-state index contributed by atoms with van der Waals surface area (Å²) in [5.41, 5.74) is 6.18. The Morgan fingerprint density at radius 3 is 2.03 bits per heavy atom. The van der Waals surface area contributed by atoms with Crippen molar-refractivity contribution in [2.75, 3.05) is 26.2 Å². The van der Waals surface area contributed by atoms with Crippen molar-refractivity contribution in [1.82, 2.24) is 9.21 Å². The number of piperazine rings is 1. The van der Waals surface area contributed by atoms with Crippen LogP contribution in [-0.2, 0) is 27.8 Å². The van der Waals surface area contributed by atoms with Gasteiger partial charge in [-0.2, -0.15) is 4.31 Å². The zero-order chi connectivity index (χ0) is 24.3. The second-order valence-corrected chi connectivity index (χ2v) is 10.9. The van der Waals surface area contributed by atoms with Crippen molar-refractivity contribution in [2.24, 2.45) is 0 Å². The van der Waals surface area contributed by atoms with Crippen molar-refractivity contribution in [3.8, 4) is 11.1 Å². The van der Waals surface area contributed by atoms with Crippen LogP contribution in [0.25, 0.3) is 11.1 Å². The molecule has 0 unspecified atom stereocenters. The van der Waals surface area contributed by atoms with Crippen LogP contribution in [0.5, 0.6) is 0 Å². The Hall–Kier alpha value is -3.00. The summed E-state index contributed by atoms with van der Waals surface area (Å²) in [5.74, 6) is -0.857. The molecule has 7 heteroatoms. The Balaban J connectivity index is 1.51. The molecule has 3 aromatic carbocycles. The fraction of sp³-hybridized carbons (Fsp3) is 0.296. The maximum absolute atomic E-state index is 13.0. The van der Waals surface area contributed by atoms with Crippen LogP contribution < -0.4 is 0 Å². The molecule has 1 fully saturated rings. The Morgan fingerprint density at radius 2 is 1.44 bits per heavy atom. The molecule has 0 atom stereocenters. The summed E-state index contributed by atoms with van der Waals surface area (Å²) in [4.78, 5) is 13.8. The molecular weight excluding hydrogens is 448 g/mol. The number of carbonyl (C=O) groups is 1. The lowest BCUT2D eigenvalue weighted by Gasteiger charge is -2.34. The number of hydrogen-bond donors (Lipinski definition) is 1. The average Bonchev–Trinajstić information content (AvgIpc) is 2.80. The van der Waals surface area contributed by atoms with Crippen molar-refractivity contribution in [3.05, 3.63) is 89.0 Å². The summed E-state index contributed by atoms with van der Waals surface area (Å²) in [7, 11) is -3.51. The number of hydrogen-bond acceptors (Lipinski definition) is 4. The van der Waals surface area contributed by atoms with Gasteiger partial charge in [0, 0.05) is 32.7 Å². The summed E-state index contributed by atoms with van der Waals surface area (Å²) in [5, 5.41) is 9.24. The Labute approximate surface area is 201 Å². The topological polar surface area (TPSA) is 77.9 Å². The van der Waals surface area contributed by atoms with E-state index in [1.165, 1.54) is 5.56 Å². The number of aliphatic carboxylic acids is 1. The van der Waals surface area contributed by atoms with E-state index < -0.39 is 16.0 Å². The largest absolute Gasteiger partial charge is 0.481 e. The number of carboxylic acid groups (broad SMARTS) is 1. The van der Waals surface area contributed by atoms with E-state index in [9.17, 15) is 18.3 Å². The van der Waals surface area contributed by atoms with Gasteiger partial charge in [0.1, 0.15) is 0 Å². The smallest absolute Gasteiger partial charge is 0.307 e. The van der Waals surface area contributed by atoms with Gasteiger partial charge in [-0.3, -0.25) is 9.69 Å². The zero-order valence-corrected chi connectivity index (χ0v) is 20.4. The third-order valence-electron chi connectivity index (χ3n) is 6.27. The van der Waals surface area contributed by atoms with Crippen LogP contribution in [0.1, 0.15) is 22.3 Å². The summed E-state index contributed by atoms with van der Waals surface area (Å²) in [6.45, 7) is 6.68. The molecule has 4 rings (SSSR count). The van der Waals surface area contributed by atoms with Crippen LogP contribution in [0.2, 0.25) is 0 Å². The van der Waals surface area contributed by atoms with Gasteiger partial charge in [0.15, 0.2) is 0 Å². The van der Waals surface area contributed by atoms with Crippen LogP contribution in [0, 0.1) is 13.8 Å². The first-order valence-corrected chi connectivity index (χ1v) is 12.9. The molecule has 3 aromatic rings. The first-order chi connectivity index (χ1) is 16.2. The number of rotatable bonds is 7. The Morgan fingerprint density at radius 1 is 0.853 bits per heavy atom. The van der Waals surface area contributed by atoms with E-state index in [2.05, 4.69) is 29.2 Å².